The molecule has 0 unspecified atom stereocenters. The molecule has 4 rings (SSSR count). The van der Waals surface area contributed by atoms with Crippen LogP contribution in [0.1, 0.15) is 41.6 Å². The van der Waals surface area contributed by atoms with Crippen LogP contribution in [-0.4, -0.2) is 24.9 Å². The van der Waals surface area contributed by atoms with Crippen LogP contribution in [0.25, 0.3) is 11.1 Å². The number of nitrogens with one attached hydrogen (secondary N) is 2. The molecular weight excluding hydrogens is 284 g/mol. The van der Waals surface area contributed by atoms with Crippen LogP contribution < -0.4 is 10.6 Å². The maximum absolute atomic E-state index is 11.7. The SMILES string of the molecule is CC(=O)c1cccc(-c2cccc3c2[C@H]2CCNCC[C@@H]2N3)c1. The molecule has 2 atom stereocenters. The third-order valence-electron chi connectivity index (χ3n) is 5.15. The Balaban J connectivity index is 1.81. The zero-order chi connectivity index (χ0) is 15.8. The summed E-state index contributed by atoms with van der Waals surface area (Å²) < 4.78 is 0. The van der Waals surface area contributed by atoms with Gasteiger partial charge in [-0.15, -0.1) is 0 Å². The predicted octanol–water partition coefficient (Wildman–Crippen LogP) is 3.82. The van der Waals surface area contributed by atoms with E-state index in [9.17, 15) is 4.79 Å². The molecule has 0 radical (unpaired) electrons. The van der Waals surface area contributed by atoms with Gasteiger partial charge >= 0.3 is 0 Å². The number of carbonyl (C=O) groups excluding carboxylic acids is 1. The average molecular weight is 306 g/mol. The first kappa shape index (κ1) is 14.5. The Hall–Kier alpha value is -2.13. The Bertz CT molecular complexity index is 753. The van der Waals surface area contributed by atoms with Crippen LogP contribution in [0.4, 0.5) is 5.69 Å². The molecule has 0 aromatic heterocycles. The lowest BCUT2D eigenvalue weighted by Crippen LogP contribution is -2.21. The second-order valence-corrected chi connectivity index (χ2v) is 6.59. The van der Waals surface area contributed by atoms with Crippen LogP contribution in [-0.2, 0) is 0 Å². The van der Waals surface area contributed by atoms with Crippen molar-refractivity contribution in [2.24, 2.45) is 0 Å². The van der Waals surface area contributed by atoms with E-state index in [4.69, 9.17) is 0 Å². The lowest BCUT2D eigenvalue weighted by atomic mass is 9.85. The van der Waals surface area contributed by atoms with Gasteiger partial charge in [0.05, 0.1) is 0 Å². The van der Waals surface area contributed by atoms with Gasteiger partial charge in [-0.1, -0.05) is 30.3 Å². The van der Waals surface area contributed by atoms with Crippen molar-refractivity contribution < 1.29 is 4.79 Å². The van der Waals surface area contributed by atoms with E-state index in [1.165, 1.54) is 16.8 Å². The Kier molecular flexibility index (Phi) is 3.66. The molecule has 0 saturated carbocycles. The normalized spacial score (nSPS) is 22.7. The number of rotatable bonds is 2. The average Bonchev–Trinajstić information content (AvgIpc) is 2.76. The second kappa shape index (κ2) is 5.82. The van der Waals surface area contributed by atoms with Crippen molar-refractivity contribution in [2.75, 3.05) is 18.4 Å². The Labute approximate surface area is 137 Å². The van der Waals surface area contributed by atoms with Crippen molar-refractivity contribution in [3.05, 3.63) is 53.6 Å². The van der Waals surface area contributed by atoms with Gasteiger partial charge in [-0.3, -0.25) is 4.79 Å². The van der Waals surface area contributed by atoms with Gasteiger partial charge in [0.2, 0.25) is 0 Å². The standard InChI is InChI=1S/C20H22N2O/c1-13(23)14-4-2-5-15(12-14)16-6-3-7-19-20(16)17-8-10-21-11-9-18(17)22-19/h2-7,12,17-18,21-22H,8-11H2,1H3/t17-,18-/m0/s1. The third kappa shape index (κ3) is 2.55. The second-order valence-electron chi connectivity index (χ2n) is 6.59. The topological polar surface area (TPSA) is 41.1 Å². The van der Waals surface area contributed by atoms with E-state index in [0.29, 0.717) is 12.0 Å². The van der Waals surface area contributed by atoms with Crippen LogP contribution in [0.15, 0.2) is 42.5 Å². The van der Waals surface area contributed by atoms with Crippen molar-refractivity contribution >= 4 is 11.5 Å². The molecular formula is C20H22N2O. The lowest BCUT2D eigenvalue weighted by molar-refractivity contribution is 0.101. The van der Waals surface area contributed by atoms with E-state index in [2.05, 4.69) is 34.9 Å². The van der Waals surface area contributed by atoms with Crippen LogP contribution >= 0.6 is 0 Å². The highest BCUT2D eigenvalue weighted by Crippen LogP contribution is 2.45. The summed E-state index contributed by atoms with van der Waals surface area (Å²) in [6.07, 6.45) is 2.32. The van der Waals surface area contributed by atoms with Gasteiger partial charge in [-0.25, -0.2) is 0 Å². The van der Waals surface area contributed by atoms with Crippen molar-refractivity contribution in [1.82, 2.24) is 5.32 Å². The molecule has 0 aliphatic carbocycles. The molecule has 2 N–H and O–H groups in total. The zero-order valence-corrected chi connectivity index (χ0v) is 13.4. The fourth-order valence-corrected chi connectivity index (χ4v) is 4.01. The number of benzene rings is 2. The van der Waals surface area contributed by atoms with Gasteiger partial charge in [-0.05, 0) is 61.7 Å². The molecule has 23 heavy (non-hydrogen) atoms. The van der Waals surface area contributed by atoms with Crippen molar-refractivity contribution in [1.29, 1.82) is 0 Å². The number of fused-ring (bicyclic) bond motifs is 3. The summed E-state index contributed by atoms with van der Waals surface area (Å²) in [7, 11) is 0. The summed E-state index contributed by atoms with van der Waals surface area (Å²) >= 11 is 0. The number of anilines is 1. The van der Waals surface area contributed by atoms with E-state index in [-0.39, 0.29) is 5.78 Å². The Morgan fingerprint density at radius 1 is 1.09 bits per heavy atom. The molecule has 2 aromatic carbocycles. The molecule has 1 saturated heterocycles. The Morgan fingerprint density at radius 2 is 1.91 bits per heavy atom. The summed E-state index contributed by atoms with van der Waals surface area (Å²) in [4.78, 5) is 11.7. The number of carbonyl (C=O) groups is 1. The van der Waals surface area contributed by atoms with Crippen molar-refractivity contribution in [3.8, 4) is 11.1 Å². The van der Waals surface area contributed by atoms with Gasteiger partial charge in [0.25, 0.3) is 0 Å². The lowest BCUT2D eigenvalue weighted by Gasteiger charge is -2.18. The fraction of sp³-hybridized carbons (Fsp3) is 0.350. The van der Waals surface area contributed by atoms with Crippen LogP contribution in [0, 0.1) is 0 Å². The van der Waals surface area contributed by atoms with E-state index >= 15 is 0 Å². The minimum atomic E-state index is 0.120. The molecule has 0 spiro atoms. The van der Waals surface area contributed by atoms with Gasteiger partial charge in [0.1, 0.15) is 0 Å². The first-order chi connectivity index (χ1) is 11.2. The molecule has 3 heteroatoms. The van der Waals surface area contributed by atoms with E-state index in [0.717, 1.165) is 37.1 Å². The molecule has 2 heterocycles. The highest BCUT2D eigenvalue weighted by Gasteiger charge is 2.34. The smallest absolute Gasteiger partial charge is 0.159 e. The largest absolute Gasteiger partial charge is 0.381 e. The van der Waals surface area contributed by atoms with Crippen molar-refractivity contribution in [2.45, 2.75) is 31.7 Å². The van der Waals surface area contributed by atoms with Crippen LogP contribution in [0.5, 0.6) is 0 Å². The molecule has 3 nitrogen and oxygen atoms in total. The number of Topliss-reactive ketones (excluding diaryl/α,β-unsaturated/α-hetero) is 1. The Morgan fingerprint density at radius 3 is 2.78 bits per heavy atom. The van der Waals surface area contributed by atoms with E-state index in [1.54, 1.807) is 6.92 Å². The number of hydrogen-bond acceptors (Lipinski definition) is 3. The highest BCUT2D eigenvalue weighted by atomic mass is 16.1. The molecule has 2 aromatic rings. The molecule has 1 fully saturated rings. The molecule has 0 amide bonds. The van der Waals surface area contributed by atoms with E-state index in [1.807, 2.05) is 18.2 Å². The first-order valence-corrected chi connectivity index (χ1v) is 8.45. The van der Waals surface area contributed by atoms with Crippen LogP contribution in [0.3, 0.4) is 0 Å². The fourth-order valence-electron chi connectivity index (χ4n) is 4.01. The molecule has 2 aliphatic heterocycles. The minimum absolute atomic E-state index is 0.120. The zero-order valence-electron chi connectivity index (χ0n) is 13.4. The maximum Gasteiger partial charge on any atom is 0.159 e. The monoisotopic (exact) mass is 306 g/mol. The summed E-state index contributed by atoms with van der Waals surface area (Å²) in [5.41, 5.74) is 5.90. The minimum Gasteiger partial charge on any atom is -0.381 e. The van der Waals surface area contributed by atoms with Crippen LogP contribution in [0.2, 0.25) is 0 Å². The number of hydrogen-bond donors (Lipinski definition) is 2. The highest BCUT2D eigenvalue weighted by molar-refractivity contribution is 5.95. The quantitative estimate of drug-likeness (QED) is 0.829. The van der Waals surface area contributed by atoms with Gasteiger partial charge < -0.3 is 10.6 Å². The summed E-state index contributed by atoms with van der Waals surface area (Å²) in [5.74, 6) is 0.672. The number of ketones is 1. The summed E-state index contributed by atoms with van der Waals surface area (Å²) in [6, 6.07) is 15.1. The molecule has 118 valence electrons. The van der Waals surface area contributed by atoms with E-state index < -0.39 is 0 Å². The van der Waals surface area contributed by atoms with Gasteiger partial charge in [-0.2, -0.15) is 0 Å². The van der Waals surface area contributed by atoms with Gasteiger partial charge in [0, 0.05) is 23.2 Å². The third-order valence-corrected chi connectivity index (χ3v) is 5.15. The van der Waals surface area contributed by atoms with Crippen molar-refractivity contribution in [3.63, 3.8) is 0 Å². The van der Waals surface area contributed by atoms with Gasteiger partial charge in [0.15, 0.2) is 5.78 Å². The maximum atomic E-state index is 11.7. The molecule has 0 bridgehead atoms. The molecule has 2 aliphatic rings. The summed E-state index contributed by atoms with van der Waals surface area (Å²) in [5, 5.41) is 7.22. The first-order valence-electron chi connectivity index (χ1n) is 8.45. The summed E-state index contributed by atoms with van der Waals surface area (Å²) in [6.45, 7) is 3.78. The predicted molar refractivity (Wildman–Crippen MR) is 94.1 cm³/mol.